The number of carbonyl (C=O) groups excluding carboxylic acids is 1. The maximum atomic E-state index is 12.4. The number of carbonyl (C=O) groups is 1. The van der Waals surface area contributed by atoms with Crippen molar-refractivity contribution in [3.63, 3.8) is 0 Å². The van der Waals surface area contributed by atoms with Crippen LogP contribution in [-0.4, -0.2) is 33.9 Å². The van der Waals surface area contributed by atoms with Crippen LogP contribution in [0.5, 0.6) is 0 Å². The summed E-state index contributed by atoms with van der Waals surface area (Å²) in [5.74, 6) is 0.414. The molecular formula is C20H17N5O3. The third-order valence-corrected chi connectivity index (χ3v) is 4.62. The van der Waals surface area contributed by atoms with Crippen LogP contribution in [0.1, 0.15) is 0 Å². The highest BCUT2D eigenvalue weighted by Gasteiger charge is 2.33. The number of rotatable bonds is 5. The van der Waals surface area contributed by atoms with E-state index in [-0.39, 0.29) is 17.5 Å². The maximum Gasteiger partial charge on any atom is 0.271 e. The van der Waals surface area contributed by atoms with Crippen LogP contribution < -0.4 is 10.2 Å². The molecule has 0 atom stereocenters. The second-order valence-electron chi connectivity index (χ2n) is 6.53. The second-order valence-corrected chi connectivity index (χ2v) is 6.53. The third-order valence-electron chi connectivity index (χ3n) is 4.62. The first-order valence-corrected chi connectivity index (χ1v) is 8.78. The zero-order valence-corrected chi connectivity index (χ0v) is 14.9. The number of benzene rings is 2. The molecule has 4 rings (SSSR count). The molecular weight excluding hydrogens is 358 g/mol. The van der Waals surface area contributed by atoms with Crippen molar-refractivity contribution in [1.82, 2.24) is 9.97 Å². The average Bonchev–Trinajstić information content (AvgIpc) is 2.68. The smallest absolute Gasteiger partial charge is 0.271 e. The van der Waals surface area contributed by atoms with Crippen LogP contribution >= 0.6 is 0 Å². The fraction of sp³-hybridized carbons (Fsp3) is 0.150. The van der Waals surface area contributed by atoms with E-state index in [1.807, 2.05) is 41.3 Å². The minimum Gasteiger partial charge on any atom is -0.355 e. The highest BCUT2D eigenvalue weighted by Crippen LogP contribution is 2.27. The van der Waals surface area contributed by atoms with Crippen LogP contribution in [0.15, 0.2) is 67.0 Å². The molecule has 28 heavy (non-hydrogen) atoms. The summed E-state index contributed by atoms with van der Waals surface area (Å²) in [6, 6.07) is 17.7. The van der Waals surface area contributed by atoms with Gasteiger partial charge < -0.3 is 10.2 Å². The predicted molar refractivity (Wildman–Crippen MR) is 105 cm³/mol. The van der Waals surface area contributed by atoms with Gasteiger partial charge in [-0.1, -0.05) is 36.4 Å². The van der Waals surface area contributed by atoms with E-state index in [1.165, 1.54) is 18.5 Å². The Hall–Kier alpha value is -3.81. The lowest BCUT2D eigenvalue weighted by molar-refractivity contribution is -0.384. The van der Waals surface area contributed by atoms with E-state index >= 15 is 0 Å². The lowest BCUT2D eigenvalue weighted by atomic mass is 9.99. The van der Waals surface area contributed by atoms with Crippen molar-refractivity contribution in [2.45, 2.75) is 0 Å². The van der Waals surface area contributed by atoms with E-state index in [0.717, 1.165) is 17.1 Å². The van der Waals surface area contributed by atoms with E-state index in [9.17, 15) is 14.9 Å². The van der Waals surface area contributed by atoms with Gasteiger partial charge in [-0.2, -0.15) is 0 Å². The summed E-state index contributed by atoms with van der Waals surface area (Å²) in [6.45, 7) is 1.07. The van der Waals surface area contributed by atoms with Crippen molar-refractivity contribution < 1.29 is 9.72 Å². The number of hydrogen-bond acceptors (Lipinski definition) is 6. The summed E-state index contributed by atoms with van der Waals surface area (Å²) in [7, 11) is 0. The summed E-state index contributed by atoms with van der Waals surface area (Å²) < 4.78 is 0. The zero-order chi connectivity index (χ0) is 19.5. The van der Waals surface area contributed by atoms with Crippen LogP contribution in [0.2, 0.25) is 0 Å². The molecule has 0 spiro atoms. The van der Waals surface area contributed by atoms with Gasteiger partial charge in [-0.25, -0.2) is 9.97 Å². The number of nitrogens with zero attached hydrogens (tertiary/aromatic N) is 4. The van der Waals surface area contributed by atoms with Crippen LogP contribution in [0, 0.1) is 16.0 Å². The van der Waals surface area contributed by atoms with Gasteiger partial charge in [-0.3, -0.25) is 14.9 Å². The molecule has 3 aromatic rings. The van der Waals surface area contributed by atoms with Crippen molar-refractivity contribution in [3.05, 3.63) is 77.1 Å². The molecule has 140 valence electrons. The van der Waals surface area contributed by atoms with Gasteiger partial charge in [0.15, 0.2) is 0 Å². The zero-order valence-electron chi connectivity index (χ0n) is 14.9. The average molecular weight is 375 g/mol. The molecule has 1 amide bonds. The number of nitro benzene ring substituents is 1. The summed E-state index contributed by atoms with van der Waals surface area (Å²) in [5, 5.41) is 13.6. The Labute approximate surface area is 161 Å². The lowest BCUT2D eigenvalue weighted by Crippen LogP contribution is -2.52. The number of aromatic nitrogens is 2. The van der Waals surface area contributed by atoms with Crippen LogP contribution in [0.4, 0.5) is 17.2 Å². The molecule has 0 radical (unpaired) electrons. The normalized spacial score (nSPS) is 13.6. The first kappa shape index (κ1) is 17.6. The molecule has 8 heteroatoms. The molecule has 0 unspecified atom stereocenters. The van der Waals surface area contributed by atoms with Crippen molar-refractivity contribution in [1.29, 1.82) is 0 Å². The summed E-state index contributed by atoms with van der Waals surface area (Å²) >= 11 is 0. The molecule has 0 saturated carbocycles. The molecule has 2 heterocycles. The molecule has 1 aromatic heterocycles. The number of amides is 1. The molecule has 8 nitrogen and oxygen atoms in total. The van der Waals surface area contributed by atoms with E-state index in [4.69, 9.17) is 0 Å². The Morgan fingerprint density at radius 2 is 1.86 bits per heavy atom. The maximum absolute atomic E-state index is 12.4. The monoisotopic (exact) mass is 375 g/mol. The van der Waals surface area contributed by atoms with E-state index in [2.05, 4.69) is 15.3 Å². The first-order valence-electron chi connectivity index (χ1n) is 8.78. The van der Waals surface area contributed by atoms with Gasteiger partial charge in [0, 0.05) is 42.5 Å². The number of non-ortho nitro benzene ring substituents is 1. The van der Waals surface area contributed by atoms with Crippen molar-refractivity contribution in [3.8, 4) is 11.3 Å². The Kier molecular flexibility index (Phi) is 4.67. The molecule has 0 bridgehead atoms. The minimum absolute atomic E-state index is 0.0533. The van der Waals surface area contributed by atoms with E-state index < -0.39 is 4.92 Å². The number of anilines is 2. The SMILES string of the molecule is O=C(Nc1cccc([N+](=O)[O-])c1)C1CN(c2cc(-c3ccccc3)ncn2)C1. The third kappa shape index (κ3) is 3.66. The molecule has 1 saturated heterocycles. The van der Waals surface area contributed by atoms with Gasteiger partial charge in [-0.05, 0) is 6.07 Å². The van der Waals surface area contributed by atoms with Gasteiger partial charge >= 0.3 is 0 Å². The quantitative estimate of drug-likeness (QED) is 0.543. The Morgan fingerprint density at radius 1 is 1.07 bits per heavy atom. The summed E-state index contributed by atoms with van der Waals surface area (Å²) in [6.07, 6.45) is 1.52. The van der Waals surface area contributed by atoms with Gasteiger partial charge in [-0.15, -0.1) is 0 Å². The molecule has 0 aliphatic carbocycles. The van der Waals surface area contributed by atoms with E-state index in [1.54, 1.807) is 12.1 Å². The van der Waals surface area contributed by atoms with Crippen LogP contribution in [0.25, 0.3) is 11.3 Å². The van der Waals surface area contributed by atoms with Gasteiger partial charge in [0.25, 0.3) is 5.69 Å². The Morgan fingerprint density at radius 3 is 2.61 bits per heavy atom. The first-order chi connectivity index (χ1) is 13.6. The molecule has 1 fully saturated rings. The fourth-order valence-electron chi connectivity index (χ4n) is 3.06. The molecule has 1 aliphatic heterocycles. The van der Waals surface area contributed by atoms with Crippen LogP contribution in [-0.2, 0) is 4.79 Å². The highest BCUT2D eigenvalue weighted by atomic mass is 16.6. The van der Waals surface area contributed by atoms with Gasteiger partial charge in [0.1, 0.15) is 12.1 Å². The van der Waals surface area contributed by atoms with E-state index in [0.29, 0.717) is 18.8 Å². The van der Waals surface area contributed by atoms with Gasteiger partial charge in [0.05, 0.1) is 16.5 Å². The number of nitrogens with one attached hydrogen (secondary N) is 1. The summed E-state index contributed by atoms with van der Waals surface area (Å²) in [5.41, 5.74) is 2.20. The fourth-order valence-corrected chi connectivity index (χ4v) is 3.06. The van der Waals surface area contributed by atoms with Crippen molar-refractivity contribution in [2.75, 3.05) is 23.3 Å². The second kappa shape index (κ2) is 7.43. The Balaban J connectivity index is 1.39. The standard InChI is InChI=1S/C20H17N5O3/c26-20(23-16-7-4-8-17(9-16)25(27)28)15-11-24(12-15)19-10-18(21-13-22-19)14-5-2-1-3-6-14/h1-10,13,15H,11-12H2,(H,23,26). The predicted octanol–water partition coefficient (Wildman–Crippen LogP) is 3.13. The number of nitro groups is 1. The van der Waals surface area contributed by atoms with Crippen molar-refractivity contribution >= 4 is 23.1 Å². The molecule has 1 aliphatic rings. The summed E-state index contributed by atoms with van der Waals surface area (Å²) in [4.78, 5) is 33.4. The number of hydrogen-bond donors (Lipinski definition) is 1. The topological polar surface area (TPSA) is 101 Å². The minimum atomic E-state index is -0.486. The highest BCUT2D eigenvalue weighted by molar-refractivity contribution is 5.94. The largest absolute Gasteiger partial charge is 0.355 e. The van der Waals surface area contributed by atoms with Crippen LogP contribution in [0.3, 0.4) is 0 Å². The lowest BCUT2D eigenvalue weighted by Gasteiger charge is -2.39. The Bertz CT molecular complexity index is 1020. The van der Waals surface area contributed by atoms with Gasteiger partial charge in [0.2, 0.25) is 5.91 Å². The molecule has 2 aromatic carbocycles. The van der Waals surface area contributed by atoms with Crippen molar-refractivity contribution in [2.24, 2.45) is 5.92 Å². The molecule has 1 N–H and O–H groups in total.